The van der Waals surface area contributed by atoms with Crippen LogP contribution < -0.4 is 16.8 Å². The number of amides is 1. The average molecular weight is 265 g/mol. The van der Waals surface area contributed by atoms with Crippen molar-refractivity contribution in [1.82, 2.24) is 0 Å². The molecule has 0 bridgehead atoms. The fourth-order valence-electron chi connectivity index (χ4n) is 2.70. The van der Waals surface area contributed by atoms with Gasteiger partial charge in [-0.15, -0.1) is 0 Å². The first-order valence-electron chi connectivity index (χ1n) is 6.62. The normalized spacial score (nSPS) is 23.1. The Morgan fingerprint density at radius 2 is 2.16 bits per heavy atom. The molecule has 0 radical (unpaired) electrons. The quantitative estimate of drug-likeness (QED) is 0.734. The van der Waals surface area contributed by atoms with Gasteiger partial charge in [0.1, 0.15) is 5.82 Å². The molecule has 1 aliphatic rings. The number of hydrogen-bond acceptors (Lipinski definition) is 3. The Labute approximate surface area is 112 Å². The highest BCUT2D eigenvalue weighted by atomic mass is 19.1. The largest absolute Gasteiger partial charge is 0.398 e. The zero-order valence-electron chi connectivity index (χ0n) is 11.1. The van der Waals surface area contributed by atoms with E-state index in [-0.39, 0.29) is 17.3 Å². The average Bonchev–Trinajstić information content (AvgIpc) is 2.32. The van der Waals surface area contributed by atoms with Crippen LogP contribution in [0.1, 0.15) is 43.0 Å². The molecular weight excluding hydrogens is 245 g/mol. The Morgan fingerprint density at radius 3 is 2.79 bits per heavy atom. The monoisotopic (exact) mass is 265 g/mol. The Balaban J connectivity index is 2.19. The summed E-state index contributed by atoms with van der Waals surface area (Å²) in [7, 11) is 0. The summed E-state index contributed by atoms with van der Waals surface area (Å²) in [6.07, 6.45) is 4.38. The Morgan fingerprint density at radius 1 is 1.42 bits per heavy atom. The lowest BCUT2D eigenvalue weighted by Gasteiger charge is -2.28. The van der Waals surface area contributed by atoms with E-state index in [9.17, 15) is 9.18 Å². The molecule has 1 aromatic carbocycles. The number of halogens is 1. The van der Waals surface area contributed by atoms with Crippen LogP contribution in [-0.2, 0) is 0 Å². The van der Waals surface area contributed by atoms with Crippen molar-refractivity contribution in [3.05, 3.63) is 23.5 Å². The molecule has 0 heterocycles. The van der Waals surface area contributed by atoms with E-state index in [2.05, 4.69) is 12.2 Å². The lowest BCUT2D eigenvalue weighted by Crippen LogP contribution is -2.27. The number of nitrogen functional groups attached to an aromatic ring is 1. The number of carbonyl (C=O) groups excluding carboxylic acids is 1. The topological polar surface area (TPSA) is 81.1 Å². The molecule has 5 heteroatoms. The number of primary amides is 1. The Kier molecular flexibility index (Phi) is 3.93. The molecule has 4 nitrogen and oxygen atoms in total. The second kappa shape index (κ2) is 5.47. The third-order valence-corrected chi connectivity index (χ3v) is 3.70. The highest BCUT2D eigenvalue weighted by Gasteiger charge is 2.20. The summed E-state index contributed by atoms with van der Waals surface area (Å²) in [5, 5.41) is 3.16. The van der Waals surface area contributed by atoms with Crippen LogP contribution >= 0.6 is 0 Å². The molecule has 5 N–H and O–H groups in total. The van der Waals surface area contributed by atoms with E-state index in [1.807, 2.05) is 0 Å². The van der Waals surface area contributed by atoms with Gasteiger partial charge in [-0.2, -0.15) is 0 Å². The molecule has 2 rings (SSSR count). The molecule has 1 saturated carbocycles. The minimum Gasteiger partial charge on any atom is -0.398 e. The first kappa shape index (κ1) is 13.6. The summed E-state index contributed by atoms with van der Waals surface area (Å²) in [5.41, 5.74) is 11.3. The van der Waals surface area contributed by atoms with Crippen LogP contribution in [0, 0.1) is 11.7 Å². The van der Waals surface area contributed by atoms with Crippen molar-refractivity contribution in [2.24, 2.45) is 11.7 Å². The summed E-state index contributed by atoms with van der Waals surface area (Å²) < 4.78 is 13.9. The van der Waals surface area contributed by atoms with Gasteiger partial charge in [0, 0.05) is 11.7 Å². The standard InChI is InChI=1S/C14H20FN3O/c1-8-3-2-4-9(5-8)18-13-6-10(14(17)19)12(16)7-11(13)15/h6-9,18H,2-5,16H2,1H3,(H2,17,19). The maximum Gasteiger partial charge on any atom is 0.250 e. The van der Waals surface area contributed by atoms with Gasteiger partial charge in [-0.1, -0.05) is 19.8 Å². The molecule has 0 saturated heterocycles. The van der Waals surface area contributed by atoms with Crippen molar-refractivity contribution >= 4 is 17.3 Å². The van der Waals surface area contributed by atoms with E-state index in [0.29, 0.717) is 11.6 Å². The van der Waals surface area contributed by atoms with Crippen molar-refractivity contribution in [2.45, 2.75) is 38.6 Å². The molecule has 1 aliphatic carbocycles. The molecule has 0 aliphatic heterocycles. The first-order chi connectivity index (χ1) is 8.97. The lowest BCUT2D eigenvalue weighted by molar-refractivity contribution is 0.100. The minimum absolute atomic E-state index is 0.0764. The van der Waals surface area contributed by atoms with E-state index in [1.165, 1.54) is 12.5 Å². The SMILES string of the molecule is CC1CCCC(Nc2cc(C(N)=O)c(N)cc2F)C1. The van der Waals surface area contributed by atoms with Gasteiger partial charge in [0.25, 0.3) is 5.91 Å². The molecule has 0 spiro atoms. The molecule has 104 valence electrons. The number of benzene rings is 1. The van der Waals surface area contributed by atoms with E-state index >= 15 is 0 Å². The third-order valence-electron chi connectivity index (χ3n) is 3.70. The summed E-state index contributed by atoms with van der Waals surface area (Å²) in [6, 6.07) is 2.80. The van der Waals surface area contributed by atoms with Crippen LogP contribution in [0.2, 0.25) is 0 Å². The number of nitrogens with one attached hydrogen (secondary N) is 1. The third kappa shape index (κ3) is 3.16. The number of anilines is 2. The zero-order chi connectivity index (χ0) is 14.0. The van der Waals surface area contributed by atoms with Crippen LogP contribution in [0.5, 0.6) is 0 Å². The van der Waals surface area contributed by atoms with Gasteiger partial charge < -0.3 is 16.8 Å². The highest BCUT2D eigenvalue weighted by molar-refractivity contribution is 5.99. The molecule has 1 amide bonds. The zero-order valence-corrected chi connectivity index (χ0v) is 11.1. The second-order valence-corrected chi connectivity index (χ2v) is 5.40. The summed E-state index contributed by atoms with van der Waals surface area (Å²) >= 11 is 0. The minimum atomic E-state index is -0.641. The maximum atomic E-state index is 13.9. The molecule has 0 aromatic heterocycles. The van der Waals surface area contributed by atoms with Crippen molar-refractivity contribution in [1.29, 1.82) is 0 Å². The van der Waals surface area contributed by atoms with E-state index in [1.54, 1.807) is 0 Å². The van der Waals surface area contributed by atoms with Gasteiger partial charge in [0.2, 0.25) is 0 Å². The highest BCUT2D eigenvalue weighted by Crippen LogP contribution is 2.28. The first-order valence-corrected chi connectivity index (χ1v) is 6.62. The molecule has 1 aromatic rings. The van der Waals surface area contributed by atoms with Crippen molar-refractivity contribution in [3.63, 3.8) is 0 Å². The van der Waals surface area contributed by atoms with Crippen LogP contribution in [0.3, 0.4) is 0 Å². The molecular formula is C14H20FN3O. The fourth-order valence-corrected chi connectivity index (χ4v) is 2.70. The van der Waals surface area contributed by atoms with Gasteiger partial charge in [-0.25, -0.2) is 4.39 Å². The molecule has 19 heavy (non-hydrogen) atoms. The molecule has 2 unspecified atom stereocenters. The van der Waals surface area contributed by atoms with E-state index < -0.39 is 11.7 Å². The number of rotatable bonds is 3. The van der Waals surface area contributed by atoms with Crippen molar-refractivity contribution in [2.75, 3.05) is 11.1 Å². The predicted molar refractivity (Wildman–Crippen MR) is 74.4 cm³/mol. The van der Waals surface area contributed by atoms with E-state index in [4.69, 9.17) is 11.5 Å². The smallest absolute Gasteiger partial charge is 0.250 e. The van der Waals surface area contributed by atoms with Crippen molar-refractivity contribution in [3.8, 4) is 0 Å². The maximum absolute atomic E-state index is 13.9. The van der Waals surface area contributed by atoms with Gasteiger partial charge in [0.15, 0.2) is 0 Å². The van der Waals surface area contributed by atoms with Gasteiger partial charge >= 0.3 is 0 Å². The number of nitrogens with two attached hydrogens (primary N) is 2. The Hall–Kier alpha value is -1.78. The Bertz CT molecular complexity index is 490. The number of carbonyl (C=O) groups is 1. The second-order valence-electron chi connectivity index (χ2n) is 5.40. The summed E-state index contributed by atoms with van der Waals surface area (Å²) in [4.78, 5) is 11.2. The van der Waals surface area contributed by atoms with E-state index in [0.717, 1.165) is 25.3 Å². The molecule has 2 atom stereocenters. The van der Waals surface area contributed by atoms with Gasteiger partial charge in [0.05, 0.1) is 11.3 Å². The molecule has 1 fully saturated rings. The number of hydrogen-bond donors (Lipinski definition) is 3. The van der Waals surface area contributed by atoms with Crippen LogP contribution in [0.4, 0.5) is 15.8 Å². The summed E-state index contributed by atoms with van der Waals surface area (Å²) in [5.74, 6) is -0.447. The lowest BCUT2D eigenvalue weighted by atomic mass is 9.87. The van der Waals surface area contributed by atoms with Crippen molar-refractivity contribution < 1.29 is 9.18 Å². The van der Waals surface area contributed by atoms with Gasteiger partial charge in [-0.05, 0) is 30.9 Å². The van der Waals surface area contributed by atoms with Crippen LogP contribution in [0.25, 0.3) is 0 Å². The van der Waals surface area contributed by atoms with Gasteiger partial charge in [-0.3, -0.25) is 4.79 Å². The predicted octanol–water partition coefficient (Wildman–Crippen LogP) is 2.50. The van der Waals surface area contributed by atoms with Crippen LogP contribution in [-0.4, -0.2) is 11.9 Å². The fraction of sp³-hybridized carbons (Fsp3) is 0.500. The van der Waals surface area contributed by atoms with Crippen LogP contribution in [0.15, 0.2) is 12.1 Å². The summed E-state index contributed by atoms with van der Waals surface area (Å²) in [6.45, 7) is 2.20.